The minimum absolute atomic E-state index is 0.122. The molecule has 0 radical (unpaired) electrons. The molecule has 3 rings (SSSR count). The van der Waals surface area contributed by atoms with Gasteiger partial charge in [-0.25, -0.2) is 4.39 Å². The summed E-state index contributed by atoms with van der Waals surface area (Å²) in [5.74, 6) is 0.448. The fourth-order valence-corrected chi connectivity index (χ4v) is 3.00. The van der Waals surface area contributed by atoms with E-state index in [0.717, 1.165) is 31.2 Å². The highest BCUT2D eigenvalue weighted by Crippen LogP contribution is 2.32. The number of hydrogen-bond acceptors (Lipinski definition) is 2. The summed E-state index contributed by atoms with van der Waals surface area (Å²) >= 11 is 0. The standard InChI is InChI=1S/C16H23FN2/c1-11(2)16(10-18-14-5-6-14)19-8-7-12-3-4-13(17)9-15(12)19/h3-4,9,11,14,16,18H,5-8,10H2,1-2H3. The Balaban J connectivity index is 1.77. The normalized spacial score (nSPS) is 19.9. The Morgan fingerprint density at radius 3 is 2.84 bits per heavy atom. The topological polar surface area (TPSA) is 15.3 Å². The first-order chi connectivity index (χ1) is 9.15. The Morgan fingerprint density at radius 2 is 2.16 bits per heavy atom. The first kappa shape index (κ1) is 12.9. The van der Waals surface area contributed by atoms with E-state index in [1.54, 1.807) is 12.1 Å². The highest BCUT2D eigenvalue weighted by atomic mass is 19.1. The van der Waals surface area contributed by atoms with Gasteiger partial charge in [-0.2, -0.15) is 0 Å². The molecule has 104 valence electrons. The van der Waals surface area contributed by atoms with Crippen LogP contribution in [0.5, 0.6) is 0 Å². The molecular weight excluding hydrogens is 239 g/mol. The molecule has 1 atom stereocenters. The van der Waals surface area contributed by atoms with Crippen LogP contribution in [-0.4, -0.2) is 25.2 Å². The minimum atomic E-state index is -0.122. The van der Waals surface area contributed by atoms with Crippen LogP contribution in [0, 0.1) is 11.7 Å². The van der Waals surface area contributed by atoms with E-state index in [9.17, 15) is 4.39 Å². The van der Waals surface area contributed by atoms with Gasteiger partial charge < -0.3 is 10.2 Å². The van der Waals surface area contributed by atoms with Gasteiger partial charge in [0.05, 0.1) is 0 Å². The van der Waals surface area contributed by atoms with Gasteiger partial charge in [-0.05, 0) is 42.9 Å². The van der Waals surface area contributed by atoms with Crippen LogP contribution in [0.15, 0.2) is 18.2 Å². The summed E-state index contributed by atoms with van der Waals surface area (Å²) in [5, 5.41) is 3.62. The van der Waals surface area contributed by atoms with Crippen LogP contribution in [0.25, 0.3) is 0 Å². The van der Waals surface area contributed by atoms with Gasteiger partial charge in [-0.15, -0.1) is 0 Å². The van der Waals surface area contributed by atoms with Gasteiger partial charge in [0.25, 0.3) is 0 Å². The molecule has 1 aliphatic heterocycles. The van der Waals surface area contributed by atoms with E-state index in [4.69, 9.17) is 0 Å². The van der Waals surface area contributed by atoms with Crippen LogP contribution in [0.1, 0.15) is 32.3 Å². The number of fused-ring (bicyclic) bond motifs is 1. The second-order valence-corrected chi connectivity index (χ2v) is 6.21. The number of halogens is 1. The monoisotopic (exact) mass is 262 g/mol. The van der Waals surface area contributed by atoms with E-state index in [2.05, 4.69) is 24.1 Å². The second kappa shape index (κ2) is 5.12. The number of nitrogens with zero attached hydrogens (tertiary/aromatic N) is 1. The van der Waals surface area contributed by atoms with E-state index in [1.165, 1.54) is 18.4 Å². The maximum Gasteiger partial charge on any atom is 0.125 e. The Labute approximate surface area is 115 Å². The third-order valence-electron chi connectivity index (χ3n) is 4.34. The average molecular weight is 262 g/mol. The zero-order chi connectivity index (χ0) is 13.4. The van der Waals surface area contributed by atoms with Crippen molar-refractivity contribution in [2.24, 2.45) is 5.92 Å². The molecule has 2 nitrogen and oxygen atoms in total. The molecule has 1 heterocycles. The molecule has 1 aliphatic carbocycles. The number of rotatable bonds is 5. The average Bonchev–Trinajstić information content (AvgIpc) is 3.10. The molecule has 2 aliphatic rings. The third kappa shape index (κ3) is 2.76. The van der Waals surface area contributed by atoms with Gasteiger partial charge in [0.15, 0.2) is 0 Å². The van der Waals surface area contributed by atoms with E-state index in [1.807, 2.05) is 6.07 Å². The van der Waals surface area contributed by atoms with Gasteiger partial charge in [0.1, 0.15) is 5.82 Å². The number of nitrogens with one attached hydrogen (secondary N) is 1. The van der Waals surface area contributed by atoms with Gasteiger partial charge in [0, 0.05) is 30.9 Å². The van der Waals surface area contributed by atoms with Crippen LogP contribution in [0.4, 0.5) is 10.1 Å². The molecule has 1 aromatic carbocycles. The molecule has 0 saturated heterocycles. The van der Waals surface area contributed by atoms with Crippen molar-refractivity contribution in [1.82, 2.24) is 5.32 Å². The molecule has 1 unspecified atom stereocenters. The number of anilines is 1. The van der Waals surface area contributed by atoms with Crippen molar-refractivity contribution in [1.29, 1.82) is 0 Å². The Bertz CT molecular complexity index is 454. The molecule has 3 heteroatoms. The number of hydrogen-bond donors (Lipinski definition) is 1. The predicted molar refractivity (Wildman–Crippen MR) is 77.1 cm³/mol. The lowest BCUT2D eigenvalue weighted by Gasteiger charge is -2.33. The van der Waals surface area contributed by atoms with Crippen LogP contribution >= 0.6 is 0 Å². The second-order valence-electron chi connectivity index (χ2n) is 6.21. The molecular formula is C16H23FN2. The van der Waals surface area contributed by atoms with Crippen LogP contribution in [-0.2, 0) is 6.42 Å². The Kier molecular flexibility index (Phi) is 3.48. The predicted octanol–water partition coefficient (Wildman–Crippen LogP) is 2.96. The van der Waals surface area contributed by atoms with Gasteiger partial charge in [0.2, 0.25) is 0 Å². The van der Waals surface area contributed by atoms with Gasteiger partial charge in [-0.3, -0.25) is 0 Å². The van der Waals surface area contributed by atoms with Crippen molar-refractivity contribution in [2.75, 3.05) is 18.0 Å². The lowest BCUT2D eigenvalue weighted by atomic mass is 10.0. The first-order valence-corrected chi connectivity index (χ1v) is 7.43. The summed E-state index contributed by atoms with van der Waals surface area (Å²) < 4.78 is 13.5. The minimum Gasteiger partial charge on any atom is -0.366 e. The maximum absolute atomic E-state index is 13.5. The summed E-state index contributed by atoms with van der Waals surface area (Å²) in [5.41, 5.74) is 2.40. The van der Waals surface area contributed by atoms with Crippen LogP contribution in [0.2, 0.25) is 0 Å². The van der Waals surface area contributed by atoms with Crippen LogP contribution in [0.3, 0.4) is 0 Å². The Hall–Kier alpha value is -1.09. The van der Waals surface area contributed by atoms with Crippen LogP contribution < -0.4 is 10.2 Å². The zero-order valence-corrected chi connectivity index (χ0v) is 11.8. The van der Waals surface area contributed by atoms with Crippen molar-refractivity contribution >= 4 is 5.69 Å². The zero-order valence-electron chi connectivity index (χ0n) is 11.8. The first-order valence-electron chi connectivity index (χ1n) is 7.43. The van der Waals surface area contributed by atoms with Crippen molar-refractivity contribution < 1.29 is 4.39 Å². The molecule has 19 heavy (non-hydrogen) atoms. The van der Waals surface area contributed by atoms with Crippen molar-refractivity contribution in [3.8, 4) is 0 Å². The molecule has 1 aromatic rings. The molecule has 1 N–H and O–H groups in total. The largest absolute Gasteiger partial charge is 0.366 e. The maximum atomic E-state index is 13.5. The summed E-state index contributed by atoms with van der Waals surface area (Å²) in [6, 6.07) is 6.42. The number of benzene rings is 1. The lowest BCUT2D eigenvalue weighted by Crippen LogP contribution is -2.45. The smallest absolute Gasteiger partial charge is 0.125 e. The molecule has 0 aromatic heterocycles. The summed E-state index contributed by atoms with van der Waals surface area (Å²) in [6.45, 7) is 6.55. The van der Waals surface area contributed by atoms with Crippen molar-refractivity contribution in [2.45, 2.75) is 45.2 Å². The molecule has 0 bridgehead atoms. The lowest BCUT2D eigenvalue weighted by molar-refractivity contribution is 0.431. The molecule has 1 saturated carbocycles. The third-order valence-corrected chi connectivity index (χ3v) is 4.34. The van der Waals surface area contributed by atoms with Gasteiger partial charge in [-0.1, -0.05) is 19.9 Å². The quantitative estimate of drug-likeness (QED) is 0.877. The summed E-state index contributed by atoms with van der Waals surface area (Å²) in [7, 11) is 0. The molecule has 0 amide bonds. The highest BCUT2D eigenvalue weighted by Gasteiger charge is 2.30. The Morgan fingerprint density at radius 1 is 1.37 bits per heavy atom. The fourth-order valence-electron chi connectivity index (χ4n) is 3.00. The van der Waals surface area contributed by atoms with E-state index < -0.39 is 0 Å². The van der Waals surface area contributed by atoms with Gasteiger partial charge >= 0.3 is 0 Å². The van der Waals surface area contributed by atoms with Crippen molar-refractivity contribution in [3.05, 3.63) is 29.6 Å². The summed E-state index contributed by atoms with van der Waals surface area (Å²) in [6.07, 6.45) is 3.67. The molecule has 1 fully saturated rings. The highest BCUT2D eigenvalue weighted by molar-refractivity contribution is 5.59. The van der Waals surface area contributed by atoms with E-state index >= 15 is 0 Å². The fraction of sp³-hybridized carbons (Fsp3) is 0.625. The molecule has 0 spiro atoms. The van der Waals surface area contributed by atoms with E-state index in [0.29, 0.717) is 12.0 Å². The van der Waals surface area contributed by atoms with E-state index in [-0.39, 0.29) is 5.82 Å². The van der Waals surface area contributed by atoms with Crippen molar-refractivity contribution in [3.63, 3.8) is 0 Å². The summed E-state index contributed by atoms with van der Waals surface area (Å²) in [4.78, 5) is 2.40. The SMILES string of the molecule is CC(C)C(CNC1CC1)N1CCc2ccc(F)cc21.